The third-order valence-corrected chi connectivity index (χ3v) is 8.58. The van der Waals surface area contributed by atoms with Crippen molar-refractivity contribution in [3.05, 3.63) is 132 Å². The van der Waals surface area contributed by atoms with Crippen LogP contribution in [0, 0.1) is 31.4 Å². The van der Waals surface area contributed by atoms with Gasteiger partial charge in [0.1, 0.15) is 5.82 Å². The number of rotatable bonds is 8. The number of pyridine rings is 1. The molecule has 244 valence electrons. The van der Waals surface area contributed by atoms with E-state index in [1.54, 1.807) is 0 Å². The summed E-state index contributed by atoms with van der Waals surface area (Å²) in [7, 11) is 0. The molecule has 0 unspecified atom stereocenters. The molecule has 0 radical (unpaired) electrons. The Morgan fingerprint density at radius 3 is 2.35 bits per heavy atom. The molecule has 5 nitrogen and oxygen atoms in total. The predicted molar refractivity (Wildman–Crippen MR) is 192 cm³/mol. The second-order valence-corrected chi connectivity index (χ2v) is 13.6. The number of aromatic nitrogens is 4. The molecule has 0 atom stereocenters. The van der Waals surface area contributed by atoms with Crippen molar-refractivity contribution in [3.63, 3.8) is 0 Å². The van der Waals surface area contributed by atoms with Gasteiger partial charge in [-0.2, -0.15) is 17.2 Å². The number of fused-ring (bicyclic) bond motifs is 3. The Morgan fingerprint density at radius 2 is 1.58 bits per heavy atom. The van der Waals surface area contributed by atoms with E-state index in [-0.39, 0.29) is 26.5 Å². The van der Waals surface area contributed by atoms with Crippen LogP contribution >= 0.6 is 0 Å². The number of aryl methyl sites for hydroxylation is 2. The van der Waals surface area contributed by atoms with Crippen LogP contribution in [0.5, 0.6) is 11.5 Å². The SMILES string of the molecule is CCCc1ccc2c(c1)c1ccc(Oc3[c-]c(-n4nc(C)c(-c5ccccc5)c4C)ccc3)[c-]c1n2-c1cc(CC(C)(C)C)ccn1.[Pt+2]. The smallest absolute Gasteiger partial charge is 0.509 e. The Hall–Kier alpha value is -4.47. The van der Waals surface area contributed by atoms with Gasteiger partial charge in [0.25, 0.3) is 0 Å². The number of hydrogen-bond donors (Lipinski definition) is 0. The van der Waals surface area contributed by atoms with Crippen molar-refractivity contribution in [1.29, 1.82) is 0 Å². The van der Waals surface area contributed by atoms with Crippen LogP contribution in [0.4, 0.5) is 0 Å². The molecule has 0 saturated carbocycles. The van der Waals surface area contributed by atoms with Crippen molar-refractivity contribution < 1.29 is 25.8 Å². The molecule has 0 fully saturated rings. The summed E-state index contributed by atoms with van der Waals surface area (Å²) in [6.45, 7) is 13.2. The van der Waals surface area contributed by atoms with Crippen LogP contribution in [0.1, 0.15) is 56.6 Å². The Balaban J connectivity index is 0.00000401. The molecule has 0 amide bonds. The third kappa shape index (κ3) is 6.62. The largest absolute Gasteiger partial charge is 2.00 e. The van der Waals surface area contributed by atoms with Gasteiger partial charge in [0.2, 0.25) is 0 Å². The molecule has 6 heteroatoms. The van der Waals surface area contributed by atoms with Crippen LogP contribution in [0.2, 0.25) is 0 Å². The van der Waals surface area contributed by atoms with Crippen LogP contribution in [0.25, 0.3) is 44.4 Å². The molecule has 7 aromatic rings. The zero-order valence-corrected chi connectivity index (χ0v) is 30.6. The summed E-state index contributed by atoms with van der Waals surface area (Å²) in [5.41, 5.74) is 9.96. The summed E-state index contributed by atoms with van der Waals surface area (Å²) < 4.78 is 10.6. The molecule has 3 heterocycles. The number of ether oxygens (including phenoxy) is 1. The first-order chi connectivity index (χ1) is 22.7. The summed E-state index contributed by atoms with van der Waals surface area (Å²) in [5.74, 6) is 2.11. The first-order valence-electron chi connectivity index (χ1n) is 16.5. The van der Waals surface area contributed by atoms with Crippen LogP contribution in [-0.4, -0.2) is 19.3 Å². The van der Waals surface area contributed by atoms with Gasteiger partial charge in [0.15, 0.2) is 0 Å². The average Bonchev–Trinajstić information content (AvgIpc) is 3.53. The molecule has 0 aliphatic carbocycles. The fourth-order valence-corrected chi connectivity index (χ4v) is 6.66. The normalized spacial score (nSPS) is 11.6. The van der Waals surface area contributed by atoms with Crippen molar-refractivity contribution >= 4 is 21.8 Å². The molecule has 0 spiro atoms. The second-order valence-electron chi connectivity index (χ2n) is 13.6. The van der Waals surface area contributed by atoms with E-state index in [9.17, 15) is 0 Å². The summed E-state index contributed by atoms with van der Waals surface area (Å²) >= 11 is 0. The fraction of sp³-hybridized carbons (Fsp3) is 0.238. The Kier molecular flexibility index (Phi) is 9.45. The minimum Gasteiger partial charge on any atom is -0.509 e. The molecular weight excluding hydrogens is 772 g/mol. The van der Waals surface area contributed by atoms with Crippen molar-refractivity contribution in [2.24, 2.45) is 5.41 Å². The van der Waals surface area contributed by atoms with Gasteiger partial charge in [-0.05, 0) is 78.1 Å². The van der Waals surface area contributed by atoms with Gasteiger partial charge in [-0.25, -0.2) is 4.98 Å². The number of nitrogens with zero attached hydrogens (tertiary/aromatic N) is 4. The fourth-order valence-electron chi connectivity index (χ4n) is 6.66. The molecule has 0 aliphatic rings. The minimum atomic E-state index is 0. The molecule has 0 N–H and O–H groups in total. The van der Waals surface area contributed by atoms with Crippen LogP contribution in [0.3, 0.4) is 0 Å². The van der Waals surface area contributed by atoms with Crippen molar-refractivity contribution in [2.75, 3.05) is 0 Å². The standard InChI is InChI=1S/C42H40N4O.Pt/c1-7-12-30-17-20-38-37(23-30)36-19-18-35(26-39(36)45(38)40-24-31(21-22-43-40)27-42(4,5)6)47-34-16-11-15-33(25-34)46-29(3)41(28(2)44-46)32-13-9-8-10-14-32;/h8-11,13-24H,7,12,27H2,1-6H3;/q-2;+2. The van der Waals surface area contributed by atoms with Crippen LogP contribution in [0.15, 0.2) is 97.2 Å². The van der Waals surface area contributed by atoms with Crippen molar-refractivity contribution in [1.82, 2.24) is 19.3 Å². The third-order valence-electron chi connectivity index (χ3n) is 8.58. The van der Waals surface area contributed by atoms with E-state index in [2.05, 4.69) is 112 Å². The van der Waals surface area contributed by atoms with E-state index in [0.717, 1.165) is 69.7 Å². The summed E-state index contributed by atoms with van der Waals surface area (Å²) in [6.07, 6.45) is 5.03. The first kappa shape index (κ1) is 33.4. The van der Waals surface area contributed by atoms with Crippen molar-refractivity contribution in [2.45, 2.75) is 60.8 Å². The molecule has 0 bridgehead atoms. The molecule has 7 rings (SSSR count). The average molecular weight is 812 g/mol. The maximum absolute atomic E-state index is 6.46. The van der Waals surface area contributed by atoms with E-state index < -0.39 is 0 Å². The predicted octanol–water partition coefficient (Wildman–Crippen LogP) is 10.6. The molecule has 0 saturated heterocycles. The van der Waals surface area contributed by atoms with E-state index >= 15 is 0 Å². The first-order valence-corrected chi connectivity index (χ1v) is 16.5. The summed E-state index contributed by atoms with van der Waals surface area (Å²) in [4.78, 5) is 4.86. The van der Waals surface area contributed by atoms with Gasteiger partial charge in [-0.15, -0.1) is 35.7 Å². The van der Waals surface area contributed by atoms with Gasteiger partial charge in [0, 0.05) is 34.5 Å². The minimum absolute atomic E-state index is 0. The van der Waals surface area contributed by atoms with Gasteiger partial charge < -0.3 is 9.30 Å². The summed E-state index contributed by atoms with van der Waals surface area (Å²) in [5, 5.41) is 7.20. The van der Waals surface area contributed by atoms with Gasteiger partial charge in [-0.1, -0.05) is 82.1 Å². The zero-order valence-electron chi connectivity index (χ0n) is 28.4. The molecular formula is C42H40N4OPt. The van der Waals surface area contributed by atoms with Gasteiger partial charge >= 0.3 is 21.1 Å². The monoisotopic (exact) mass is 811 g/mol. The Morgan fingerprint density at radius 1 is 0.792 bits per heavy atom. The maximum Gasteiger partial charge on any atom is 2.00 e. The molecule has 4 aromatic carbocycles. The van der Waals surface area contributed by atoms with E-state index in [0.29, 0.717) is 11.5 Å². The molecule has 0 aliphatic heterocycles. The quantitative estimate of drug-likeness (QED) is 0.144. The number of benzene rings is 4. The maximum atomic E-state index is 6.46. The van der Waals surface area contributed by atoms with Crippen LogP contribution in [-0.2, 0) is 33.9 Å². The Labute approximate surface area is 297 Å². The Bertz CT molecular complexity index is 2220. The van der Waals surface area contributed by atoms with E-state index in [4.69, 9.17) is 14.8 Å². The molecule has 48 heavy (non-hydrogen) atoms. The van der Waals surface area contributed by atoms with Crippen LogP contribution < -0.4 is 4.74 Å². The second kappa shape index (κ2) is 13.6. The number of hydrogen-bond acceptors (Lipinski definition) is 3. The van der Waals surface area contributed by atoms with Gasteiger partial charge in [-0.3, -0.25) is 4.68 Å². The zero-order chi connectivity index (χ0) is 32.7. The van der Waals surface area contributed by atoms with Crippen molar-refractivity contribution in [3.8, 4) is 34.1 Å². The topological polar surface area (TPSA) is 44.9 Å². The van der Waals surface area contributed by atoms with E-state index in [1.807, 2.05) is 48.1 Å². The van der Waals surface area contributed by atoms with Gasteiger partial charge in [0.05, 0.1) is 5.69 Å². The summed E-state index contributed by atoms with van der Waals surface area (Å²) in [6, 6.07) is 38.6. The molecule has 3 aromatic heterocycles. The van der Waals surface area contributed by atoms with E-state index in [1.165, 1.54) is 16.5 Å².